The Kier molecular flexibility index (Phi) is 3.70. The quantitative estimate of drug-likeness (QED) is 0.915. The van der Waals surface area contributed by atoms with Crippen LogP contribution >= 0.6 is 11.3 Å². The van der Waals surface area contributed by atoms with Gasteiger partial charge in [0.25, 0.3) is 0 Å². The molecule has 1 N–H and O–H groups in total. The van der Waals surface area contributed by atoms with Crippen LogP contribution < -0.4 is 0 Å². The molecule has 0 aliphatic heterocycles. The fourth-order valence-electron chi connectivity index (χ4n) is 1.76. The van der Waals surface area contributed by atoms with E-state index in [1.807, 2.05) is 0 Å². The first-order valence-corrected chi connectivity index (χ1v) is 6.08. The fourth-order valence-corrected chi connectivity index (χ4v) is 2.87. The van der Waals surface area contributed by atoms with Gasteiger partial charge in [0.15, 0.2) is 0 Å². The van der Waals surface area contributed by atoms with E-state index >= 15 is 0 Å². The Morgan fingerprint density at radius 3 is 2.88 bits per heavy atom. The summed E-state index contributed by atoms with van der Waals surface area (Å²) in [6.07, 6.45) is -2.50. The number of nitrogens with zero attached hydrogens (tertiary/aromatic N) is 1. The lowest BCUT2D eigenvalue weighted by molar-refractivity contribution is -0.176. The van der Waals surface area contributed by atoms with Gasteiger partial charge in [-0.05, 0) is 19.3 Å². The zero-order valence-corrected chi connectivity index (χ0v) is 9.77. The summed E-state index contributed by atoms with van der Waals surface area (Å²) in [5, 5.41) is 10.2. The highest BCUT2D eigenvalue weighted by Crippen LogP contribution is 2.33. The molecule has 1 aromatic rings. The molecule has 2 rings (SSSR count). The molecular weight excluding hydrogens is 255 g/mol. The molecule has 1 atom stereocenters. The fraction of sp³-hybridized carbons (Fsp3) is 0.700. The topological polar surface area (TPSA) is 42.4 Å². The second kappa shape index (κ2) is 4.91. The molecule has 3 nitrogen and oxygen atoms in total. The predicted molar refractivity (Wildman–Crippen MR) is 55.7 cm³/mol. The van der Waals surface area contributed by atoms with Crippen molar-refractivity contribution in [2.24, 2.45) is 0 Å². The van der Waals surface area contributed by atoms with E-state index in [1.165, 1.54) is 11.3 Å². The molecule has 0 fully saturated rings. The second-order valence-electron chi connectivity index (χ2n) is 3.93. The minimum atomic E-state index is -4.31. The van der Waals surface area contributed by atoms with Gasteiger partial charge in [-0.1, -0.05) is 0 Å². The SMILES string of the molecule is OC1CCCc2sc(COCC(F)(F)F)nc21. The van der Waals surface area contributed by atoms with Crippen molar-refractivity contribution in [3.8, 4) is 0 Å². The molecule has 1 unspecified atom stereocenters. The van der Waals surface area contributed by atoms with Gasteiger partial charge >= 0.3 is 6.18 Å². The standard InChI is InChI=1S/C10H12F3NO2S/c11-10(12,13)5-16-4-8-14-9-6(15)2-1-3-7(9)17-8/h6,15H,1-5H2. The summed E-state index contributed by atoms with van der Waals surface area (Å²) in [7, 11) is 0. The highest BCUT2D eigenvalue weighted by molar-refractivity contribution is 7.11. The number of aliphatic hydroxyl groups is 1. The van der Waals surface area contributed by atoms with Crippen molar-refractivity contribution in [2.45, 2.75) is 38.1 Å². The molecule has 1 aliphatic rings. The molecule has 17 heavy (non-hydrogen) atoms. The zero-order valence-electron chi connectivity index (χ0n) is 8.96. The summed E-state index contributed by atoms with van der Waals surface area (Å²) in [6, 6.07) is 0. The van der Waals surface area contributed by atoms with Gasteiger partial charge in [0.05, 0.1) is 18.4 Å². The average Bonchev–Trinajstić information content (AvgIpc) is 2.60. The van der Waals surface area contributed by atoms with Gasteiger partial charge in [0.1, 0.15) is 11.6 Å². The molecular formula is C10H12F3NO2S. The summed E-state index contributed by atoms with van der Waals surface area (Å²) < 4.78 is 40.1. The van der Waals surface area contributed by atoms with Crippen LogP contribution in [0.1, 0.15) is 34.5 Å². The van der Waals surface area contributed by atoms with Crippen LogP contribution in [0.25, 0.3) is 0 Å². The molecule has 1 aliphatic carbocycles. The number of alkyl halides is 3. The lowest BCUT2D eigenvalue weighted by Gasteiger charge is -2.14. The number of hydrogen-bond donors (Lipinski definition) is 1. The molecule has 0 saturated carbocycles. The number of aliphatic hydroxyl groups excluding tert-OH is 1. The maximum atomic E-state index is 11.9. The number of rotatable bonds is 3. The first-order chi connectivity index (χ1) is 7.96. The number of aryl methyl sites for hydroxylation is 1. The normalized spacial score (nSPS) is 20.4. The van der Waals surface area contributed by atoms with Crippen LogP contribution in [0.5, 0.6) is 0 Å². The lowest BCUT2D eigenvalue weighted by Crippen LogP contribution is -2.16. The molecule has 0 aromatic carbocycles. The third-order valence-electron chi connectivity index (χ3n) is 2.46. The van der Waals surface area contributed by atoms with E-state index in [-0.39, 0.29) is 6.61 Å². The maximum Gasteiger partial charge on any atom is 0.411 e. The molecule has 7 heteroatoms. The molecule has 0 radical (unpaired) electrons. The molecule has 0 saturated heterocycles. The van der Waals surface area contributed by atoms with E-state index in [2.05, 4.69) is 9.72 Å². The maximum absolute atomic E-state index is 11.9. The van der Waals surface area contributed by atoms with Crippen LogP contribution in [-0.2, 0) is 17.8 Å². The number of hydrogen-bond acceptors (Lipinski definition) is 4. The average molecular weight is 267 g/mol. The molecule has 1 aromatic heterocycles. The number of thiazole rings is 1. The summed E-state index contributed by atoms with van der Waals surface area (Å²) in [6.45, 7) is -1.41. The second-order valence-corrected chi connectivity index (χ2v) is 5.10. The minimum absolute atomic E-state index is 0.149. The monoisotopic (exact) mass is 267 g/mol. The highest BCUT2D eigenvalue weighted by Gasteiger charge is 2.28. The van der Waals surface area contributed by atoms with E-state index in [9.17, 15) is 18.3 Å². The number of aromatic nitrogens is 1. The Morgan fingerprint density at radius 2 is 2.24 bits per heavy atom. The van der Waals surface area contributed by atoms with Crippen molar-refractivity contribution in [2.75, 3.05) is 6.61 Å². The molecule has 96 valence electrons. The van der Waals surface area contributed by atoms with Gasteiger partial charge in [-0.2, -0.15) is 13.2 Å². The van der Waals surface area contributed by atoms with Crippen molar-refractivity contribution < 1.29 is 23.0 Å². The van der Waals surface area contributed by atoms with Crippen LogP contribution in [0, 0.1) is 0 Å². The molecule has 0 spiro atoms. The van der Waals surface area contributed by atoms with Gasteiger partial charge in [0, 0.05) is 4.88 Å². The molecule has 0 bridgehead atoms. The van der Waals surface area contributed by atoms with Crippen LogP contribution in [0.4, 0.5) is 13.2 Å². The van der Waals surface area contributed by atoms with Crippen LogP contribution in [-0.4, -0.2) is 22.9 Å². The van der Waals surface area contributed by atoms with Crippen molar-refractivity contribution in [3.05, 3.63) is 15.6 Å². The summed E-state index contributed by atoms with van der Waals surface area (Å²) in [4.78, 5) is 5.09. The van der Waals surface area contributed by atoms with E-state index in [0.29, 0.717) is 17.1 Å². The highest BCUT2D eigenvalue weighted by atomic mass is 32.1. The minimum Gasteiger partial charge on any atom is -0.387 e. The van der Waals surface area contributed by atoms with E-state index in [0.717, 1.165) is 17.7 Å². The number of ether oxygens (including phenoxy) is 1. The van der Waals surface area contributed by atoms with Crippen molar-refractivity contribution in [1.29, 1.82) is 0 Å². The molecule has 0 amide bonds. The van der Waals surface area contributed by atoms with E-state index < -0.39 is 18.9 Å². The van der Waals surface area contributed by atoms with E-state index in [1.54, 1.807) is 0 Å². The van der Waals surface area contributed by atoms with Crippen LogP contribution in [0.15, 0.2) is 0 Å². The van der Waals surface area contributed by atoms with Crippen molar-refractivity contribution in [1.82, 2.24) is 4.98 Å². The van der Waals surface area contributed by atoms with E-state index in [4.69, 9.17) is 0 Å². The summed E-state index contributed by atoms with van der Waals surface area (Å²) in [5.74, 6) is 0. The van der Waals surface area contributed by atoms with Crippen LogP contribution in [0.3, 0.4) is 0 Å². The smallest absolute Gasteiger partial charge is 0.387 e. The number of fused-ring (bicyclic) bond motifs is 1. The largest absolute Gasteiger partial charge is 0.411 e. The van der Waals surface area contributed by atoms with Gasteiger partial charge in [-0.3, -0.25) is 0 Å². The Hall–Kier alpha value is -0.660. The zero-order chi connectivity index (χ0) is 12.5. The van der Waals surface area contributed by atoms with Gasteiger partial charge in [-0.25, -0.2) is 4.98 Å². The van der Waals surface area contributed by atoms with Crippen molar-refractivity contribution in [3.63, 3.8) is 0 Å². The first-order valence-electron chi connectivity index (χ1n) is 5.27. The van der Waals surface area contributed by atoms with Crippen LogP contribution in [0.2, 0.25) is 0 Å². The summed E-state index contributed by atoms with van der Waals surface area (Å²) in [5.41, 5.74) is 0.617. The predicted octanol–water partition coefficient (Wildman–Crippen LogP) is 2.59. The Bertz CT molecular complexity index is 391. The number of halogens is 3. The Morgan fingerprint density at radius 1 is 1.47 bits per heavy atom. The third-order valence-corrected chi connectivity index (χ3v) is 3.56. The third kappa shape index (κ3) is 3.40. The molecule has 1 heterocycles. The lowest BCUT2D eigenvalue weighted by atomic mass is 10.0. The summed E-state index contributed by atoms with van der Waals surface area (Å²) >= 11 is 1.33. The Labute approximate surface area is 100 Å². The van der Waals surface area contributed by atoms with Crippen molar-refractivity contribution >= 4 is 11.3 Å². The van der Waals surface area contributed by atoms with Gasteiger partial charge < -0.3 is 9.84 Å². The van der Waals surface area contributed by atoms with Gasteiger partial charge in [-0.15, -0.1) is 11.3 Å². The van der Waals surface area contributed by atoms with Gasteiger partial charge in [0.2, 0.25) is 0 Å². The first kappa shape index (κ1) is 12.8. The Balaban J connectivity index is 1.94.